The van der Waals surface area contributed by atoms with Gasteiger partial charge in [0.2, 0.25) is 0 Å². The minimum absolute atomic E-state index is 0.0281. The van der Waals surface area contributed by atoms with Crippen LogP contribution in [0.15, 0.2) is 18.2 Å². The third-order valence-electron chi connectivity index (χ3n) is 2.05. The van der Waals surface area contributed by atoms with Crippen molar-refractivity contribution in [1.29, 1.82) is 0 Å². The Bertz CT molecular complexity index is 572. The third-order valence-corrected chi connectivity index (χ3v) is 2.87. The normalized spacial score (nSPS) is 9.32. The first-order valence-electron chi connectivity index (χ1n) is 5.40. The predicted octanol–water partition coefficient (Wildman–Crippen LogP) is 2.43. The van der Waals surface area contributed by atoms with Gasteiger partial charge in [0, 0.05) is 42.4 Å². The molecule has 1 aromatic rings. The van der Waals surface area contributed by atoms with E-state index in [4.69, 9.17) is 0 Å². The molecular formula is C13H11NO4S. The first kappa shape index (κ1) is 14.9. The van der Waals surface area contributed by atoms with Gasteiger partial charge in [-0.1, -0.05) is 23.6 Å². The molecule has 6 heteroatoms. The van der Waals surface area contributed by atoms with Gasteiger partial charge in [-0.15, -0.1) is 0 Å². The van der Waals surface area contributed by atoms with E-state index in [1.165, 1.54) is 36.9 Å². The van der Waals surface area contributed by atoms with E-state index in [1.807, 2.05) is 0 Å². The van der Waals surface area contributed by atoms with E-state index in [0.717, 1.165) is 0 Å². The summed E-state index contributed by atoms with van der Waals surface area (Å²) in [6.07, 6.45) is 1.05. The lowest BCUT2D eigenvalue weighted by Gasteiger charge is -1.95. The molecule has 1 aromatic carbocycles. The van der Waals surface area contributed by atoms with Crippen LogP contribution in [0.5, 0.6) is 0 Å². The maximum Gasteiger partial charge on any atom is 0.271 e. The zero-order valence-electron chi connectivity index (χ0n) is 10.2. The summed E-state index contributed by atoms with van der Waals surface area (Å²) in [7, 11) is 0. The Kier molecular flexibility index (Phi) is 5.76. The highest BCUT2D eigenvalue weighted by molar-refractivity contribution is 8.13. The highest BCUT2D eigenvalue weighted by Gasteiger charge is 2.08. The standard InChI is InChI=1S/C13H11NO4S/c1-10(16)19-5-3-2-4-11-6-12(9-15)8-13(7-11)14(17)18/h6-9H,3,5H2,1H3. The van der Waals surface area contributed by atoms with Crippen molar-refractivity contribution in [3.63, 3.8) is 0 Å². The molecule has 1 rings (SSSR count). The molecule has 0 aromatic heterocycles. The zero-order chi connectivity index (χ0) is 14.3. The van der Waals surface area contributed by atoms with Gasteiger partial charge in [-0.2, -0.15) is 0 Å². The Morgan fingerprint density at radius 1 is 1.47 bits per heavy atom. The van der Waals surface area contributed by atoms with E-state index < -0.39 is 4.92 Å². The van der Waals surface area contributed by atoms with E-state index in [2.05, 4.69) is 11.8 Å². The number of carbonyl (C=O) groups excluding carboxylic acids is 2. The first-order chi connectivity index (χ1) is 9.02. The van der Waals surface area contributed by atoms with Crippen LogP contribution < -0.4 is 0 Å². The van der Waals surface area contributed by atoms with Gasteiger partial charge < -0.3 is 0 Å². The van der Waals surface area contributed by atoms with Crippen molar-refractivity contribution in [3.8, 4) is 11.8 Å². The van der Waals surface area contributed by atoms with Gasteiger partial charge >= 0.3 is 0 Å². The molecule has 0 unspecified atom stereocenters. The summed E-state index contributed by atoms with van der Waals surface area (Å²) in [5.74, 6) is 6.14. The number of nitro benzene ring substituents is 1. The molecule has 0 heterocycles. The summed E-state index contributed by atoms with van der Waals surface area (Å²) in [6.45, 7) is 1.48. The number of hydrogen-bond acceptors (Lipinski definition) is 5. The minimum atomic E-state index is -0.566. The van der Waals surface area contributed by atoms with Gasteiger partial charge in [-0.3, -0.25) is 19.7 Å². The van der Waals surface area contributed by atoms with Crippen molar-refractivity contribution in [1.82, 2.24) is 0 Å². The summed E-state index contributed by atoms with van der Waals surface area (Å²) in [5.41, 5.74) is 0.479. The Morgan fingerprint density at radius 2 is 2.21 bits per heavy atom. The number of non-ortho nitro benzene ring substituents is 1. The SMILES string of the molecule is CC(=O)SCCC#Cc1cc(C=O)cc([N+](=O)[O-])c1. The average Bonchev–Trinajstić information content (AvgIpc) is 2.37. The Labute approximate surface area is 114 Å². The fourth-order valence-electron chi connectivity index (χ4n) is 1.29. The fourth-order valence-corrected chi connectivity index (χ4v) is 1.78. The lowest BCUT2D eigenvalue weighted by molar-refractivity contribution is -0.384. The molecule has 0 bridgehead atoms. The van der Waals surface area contributed by atoms with Gasteiger partial charge in [0.25, 0.3) is 5.69 Å². The van der Waals surface area contributed by atoms with E-state index in [0.29, 0.717) is 24.0 Å². The molecule has 0 radical (unpaired) electrons. The Morgan fingerprint density at radius 3 is 2.79 bits per heavy atom. The molecule has 0 aliphatic rings. The highest BCUT2D eigenvalue weighted by Crippen LogP contribution is 2.15. The maximum absolute atomic E-state index is 10.7. The number of hydrogen-bond donors (Lipinski definition) is 0. The fraction of sp³-hybridized carbons (Fsp3) is 0.231. The van der Waals surface area contributed by atoms with Crippen LogP contribution >= 0.6 is 11.8 Å². The molecule has 0 atom stereocenters. The van der Waals surface area contributed by atoms with Crippen LogP contribution in [0.1, 0.15) is 29.3 Å². The minimum Gasteiger partial charge on any atom is -0.298 e. The van der Waals surface area contributed by atoms with Crippen LogP contribution in [0.25, 0.3) is 0 Å². The summed E-state index contributed by atoms with van der Waals surface area (Å²) in [6, 6.07) is 4.01. The second kappa shape index (κ2) is 7.34. The molecule has 98 valence electrons. The molecule has 0 aliphatic heterocycles. The topological polar surface area (TPSA) is 77.3 Å². The molecule has 0 N–H and O–H groups in total. The second-order valence-electron chi connectivity index (χ2n) is 3.58. The zero-order valence-corrected chi connectivity index (χ0v) is 11.0. The highest BCUT2D eigenvalue weighted by atomic mass is 32.2. The summed E-state index contributed by atoms with van der Waals surface area (Å²) < 4.78 is 0. The second-order valence-corrected chi connectivity index (χ2v) is 4.85. The number of aldehydes is 1. The third kappa shape index (κ3) is 5.36. The van der Waals surface area contributed by atoms with Gasteiger partial charge in [0.05, 0.1) is 4.92 Å². The number of benzene rings is 1. The molecule has 0 saturated heterocycles. The van der Waals surface area contributed by atoms with Crippen molar-refractivity contribution >= 4 is 28.9 Å². The van der Waals surface area contributed by atoms with Gasteiger partial charge in [0.15, 0.2) is 5.12 Å². The van der Waals surface area contributed by atoms with Crippen molar-refractivity contribution < 1.29 is 14.5 Å². The van der Waals surface area contributed by atoms with Gasteiger partial charge in [0.1, 0.15) is 6.29 Å². The summed E-state index contributed by atoms with van der Waals surface area (Å²) in [5, 5.41) is 10.7. The summed E-state index contributed by atoms with van der Waals surface area (Å²) in [4.78, 5) is 31.5. The van der Waals surface area contributed by atoms with Crippen molar-refractivity contribution in [2.75, 3.05) is 5.75 Å². The lowest BCUT2D eigenvalue weighted by Crippen LogP contribution is -1.92. The van der Waals surface area contributed by atoms with Crippen LogP contribution in [-0.4, -0.2) is 22.1 Å². The number of rotatable bonds is 4. The number of thioether (sulfide) groups is 1. The molecule has 0 fully saturated rings. The molecule has 19 heavy (non-hydrogen) atoms. The molecule has 0 amide bonds. The number of nitro groups is 1. The van der Waals surface area contributed by atoms with Crippen LogP contribution in [0, 0.1) is 22.0 Å². The Balaban J connectivity index is 2.80. The average molecular weight is 277 g/mol. The van der Waals surface area contributed by atoms with Crippen LogP contribution in [0.3, 0.4) is 0 Å². The number of carbonyl (C=O) groups is 2. The molecule has 0 saturated carbocycles. The van der Waals surface area contributed by atoms with Crippen LogP contribution in [0.4, 0.5) is 5.69 Å². The van der Waals surface area contributed by atoms with Crippen LogP contribution in [0.2, 0.25) is 0 Å². The summed E-state index contributed by atoms with van der Waals surface area (Å²) >= 11 is 1.18. The quantitative estimate of drug-likeness (QED) is 0.278. The van der Waals surface area contributed by atoms with Crippen molar-refractivity contribution in [3.05, 3.63) is 39.4 Å². The molecular weight excluding hydrogens is 266 g/mol. The maximum atomic E-state index is 10.7. The van der Waals surface area contributed by atoms with Crippen LogP contribution in [-0.2, 0) is 4.79 Å². The molecule has 0 aliphatic carbocycles. The smallest absolute Gasteiger partial charge is 0.271 e. The van der Waals surface area contributed by atoms with Gasteiger partial charge in [-0.25, -0.2) is 0 Å². The van der Waals surface area contributed by atoms with Crippen molar-refractivity contribution in [2.45, 2.75) is 13.3 Å². The monoisotopic (exact) mass is 277 g/mol. The van der Waals surface area contributed by atoms with E-state index >= 15 is 0 Å². The van der Waals surface area contributed by atoms with E-state index in [1.54, 1.807) is 0 Å². The number of nitrogens with zero attached hydrogens (tertiary/aromatic N) is 1. The molecule has 0 spiro atoms. The largest absolute Gasteiger partial charge is 0.298 e. The van der Waals surface area contributed by atoms with E-state index in [9.17, 15) is 19.7 Å². The first-order valence-corrected chi connectivity index (χ1v) is 6.38. The molecule has 5 nitrogen and oxygen atoms in total. The van der Waals surface area contributed by atoms with Gasteiger partial charge in [-0.05, 0) is 6.07 Å². The predicted molar refractivity (Wildman–Crippen MR) is 73.1 cm³/mol. The lowest BCUT2D eigenvalue weighted by atomic mass is 10.1. The van der Waals surface area contributed by atoms with E-state index in [-0.39, 0.29) is 16.4 Å². The van der Waals surface area contributed by atoms with Crippen molar-refractivity contribution in [2.24, 2.45) is 0 Å². The Hall–Kier alpha value is -2.13.